The number of halogens is 1. The van der Waals surface area contributed by atoms with Gasteiger partial charge in [0.15, 0.2) is 11.5 Å². The molecule has 0 spiro atoms. The van der Waals surface area contributed by atoms with Crippen LogP contribution >= 0.6 is 11.6 Å². The molecule has 0 aromatic heterocycles. The number of oxime groups is 1. The molecule has 110 valence electrons. The van der Waals surface area contributed by atoms with Gasteiger partial charge < -0.3 is 14.7 Å². The first-order valence-corrected chi connectivity index (χ1v) is 7.02. The highest BCUT2D eigenvalue weighted by Gasteiger charge is 2.14. The Morgan fingerprint density at radius 1 is 1.40 bits per heavy atom. The van der Waals surface area contributed by atoms with E-state index >= 15 is 0 Å². The van der Waals surface area contributed by atoms with E-state index in [1.165, 1.54) is 19.1 Å². The van der Waals surface area contributed by atoms with Gasteiger partial charge in [-0.3, -0.25) is 4.90 Å². The Hall–Kier alpha value is -1.46. The Labute approximate surface area is 123 Å². The first-order chi connectivity index (χ1) is 9.74. The lowest BCUT2D eigenvalue weighted by Gasteiger charge is -2.17. The van der Waals surface area contributed by atoms with Gasteiger partial charge in [0.1, 0.15) is 6.61 Å². The summed E-state index contributed by atoms with van der Waals surface area (Å²) in [6, 6.07) is 3.39. The fourth-order valence-electron chi connectivity index (χ4n) is 2.30. The summed E-state index contributed by atoms with van der Waals surface area (Å²) in [5.74, 6) is 1.07. The fraction of sp³-hybridized carbons (Fsp3) is 0.500. The third-order valence-corrected chi connectivity index (χ3v) is 3.59. The van der Waals surface area contributed by atoms with Gasteiger partial charge in [-0.05, 0) is 38.1 Å². The maximum atomic E-state index is 8.55. The van der Waals surface area contributed by atoms with Crippen molar-refractivity contribution in [2.24, 2.45) is 5.16 Å². The highest BCUT2D eigenvalue weighted by atomic mass is 35.5. The zero-order valence-electron chi connectivity index (χ0n) is 11.5. The first kappa shape index (κ1) is 14.9. The average Bonchev–Trinajstić information content (AvgIpc) is 2.94. The number of benzene rings is 1. The maximum absolute atomic E-state index is 8.55. The van der Waals surface area contributed by atoms with Crippen molar-refractivity contribution < 1.29 is 14.7 Å². The molecule has 1 aliphatic heterocycles. The number of nitrogens with zero attached hydrogens (tertiary/aromatic N) is 2. The Morgan fingerprint density at radius 2 is 2.15 bits per heavy atom. The Balaban J connectivity index is 2.01. The summed E-state index contributed by atoms with van der Waals surface area (Å²) in [5, 5.41) is 12.0. The lowest BCUT2D eigenvalue weighted by atomic mass is 10.2. The van der Waals surface area contributed by atoms with Gasteiger partial charge >= 0.3 is 0 Å². The molecule has 2 rings (SSSR count). The van der Waals surface area contributed by atoms with Gasteiger partial charge in [-0.1, -0.05) is 16.8 Å². The zero-order chi connectivity index (χ0) is 14.4. The molecule has 0 amide bonds. The van der Waals surface area contributed by atoms with E-state index < -0.39 is 0 Å². The molecule has 1 aliphatic rings. The Morgan fingerprint density at radius 3 is 2.80 bits per heavy atom. The monoisotopic (exact) mass is 298 g/mol. The summed E-state index contributed by atoms with van der Waals surface area (Å²) in [4.78, 5) is 2.37. The summed E-state index contributed by atoms with van der Waals surface area (Å²) in [7, 11) is 1.55. The van der Waals surface area contributed by atoms with E-state index in [0.717, 1.165) is 19.6 Å². The quantitative estimate of drug-likeness (QED) is 0.498. The molecule has 1 heterocycles. The van der Waals surface area contributed by atoms with Crippen LogP contribution in [0.1, 0.15) is 18.4 Å². The Bertz CT molecular complexity index is 474. The SMILES string of the molecule is COc1cc(C=NO)cc(Cl)c1OCCN1CCCC1. The van der Waals surface area contributed by atoms with E-state index in [4.69, 9.17) is 26.3 Å². The van der Waals surface area contributed by atoms with Crippen LogP contribution in [0.4, 0.5) is 0 Å². The van der Waals surface area contributed by atoms with Crippen LogP contribution in [0.25, 0.3) is 0 Å². The van der Waals surface area contributed by atoms with Crippen molar-refractivity contribution in [2.45, 2.75) is 12.8 Å². The molecule has 1 fully saturated rings. The fourth-order valence-corrected chi connectivity index (χ4v) is 2.58. The molecule has 20 heavy (non-hydrogen) atoms. The second-order valence-corrected chi connectivity index (χ2v) is 5.08. The van der Waals surface area contributed by atoms with E-state index in [1.54, 1.807) is 19.2 Å². The number of rotatable bonds is 6. The van der Waals surface area contributed by atoms with Crippen LogP contribution < -0.4 is 9.47 Å². The molecule has 1 saturated heterocycles. The molecular formula is C14H19ClN2O3. The lowest BCUT2D eigenvalue weighted by Crippen LogP contribution is -2.25. The van der Waals surface area contributed by atoms with Gasteiger partial charge in [-0.2, -0.15) is 0 Å². The first-order valence-electron chi connectivity index (χ1n) is 6.64. The normalized spacial score (nSPS) is 15.9. The number of methoxy groups -OCH3 is 1. The minimum atomic E-state index is 0.445. The van der Waals surface area contributed by atoms with Crippen LogP contribution in [0.3, 0.4) is 0 Å². The standard InChI is InChI=1S/C14H19ClN2O3/c1-19-13-9-11(10-16-18)8-12(15)14(13)20-7-6-17-4-2-3-5-17/h8-10,18H,2-7H2,1H3. The number of hydrogen-bond acceptors (Lipinski definition) is 5. The third kappa shape index (κ3) is 3.77. The molecule has 1 aromatic rings. The van der Waals surface area contributed by atoms with Crippen LogP contribution in [0.5, 0.6) is 11.5 Å². The van der Waals surface area contributed by atoms with Gasteiger partial charge in [0, 0.05) is 12.1 Å². The van der Waals surface area contributed by atoms with E-state index in [1.807, 2.05) is 0 Å². The zero-order valence-corrected chi connectivity index (χ0v) is 12.3. The van der Waals surface area contributed by atoms with Gasteiger partial charge in [-0.25, -0.2) is 0 Å². The maximum Gasteiger partial charge on any atom is 0.179 e. The van der Waals surface area contributed by atoms with E-state index in [2.05, 4.69) is 10.1 Å². The molecular weight excluding hydrogens is 280 g/mol. The second-order valence-electron chi connectivity index (χ2n) is 4.68. The van der Waals surface area contributed by atoms with Crippen LogP contribution in [0.2, 0.25) is 5.02 Å². The van der Waals surface area contributed by atoms with Crippen LogP contribution in [0, 0.1) is 0 Å². The van der Waals surface area contributed by atoms with Crippen molar-refractivity contribution in [3.05, 3.63) is 22.7 Å². The molecule has 1 aromatic carbocycles. The second kappa shape index (κ2) is 7.36. The predicted molar refractivity (Wildman–Crippen MR) is 78.6 cm³/mol. The number of hydrogen-bond donors (Lipinski definition) is 1. The lowest BCUT2D eigenvalue weighted by molar-refractivity contribution is 0.230. The molecule has 0 atom stereocenters. The number of ether oxygens (including phenoxy) is 2. The van der Waals surface area contributed by atoms with E-state index in [9.17, 15) is 0 Å². The van der Waals surface area contributed by atoms with Crippen LogP contribution in [-0.4, -0.2) is 49.7 Å². The summed E-state index contributed by atoms with van der Waals surface area (Å²) in [6.45, 7) is 3.74. The topological polar surface area (TPSA) is 54.3 Å². The smallest absolute Gasteiger partial charge is 0.179 e. The third-order valence-electron chi connectivity index (χ3n) is 3.31. The summed E-state index contributed by atoms with van der Waals surface area (Å²) >= 11 is 6.18. The highest BCUT2D eigenvalue weighted by Crippen LogP contribution is 2.36. The van der Waals surface area contributed by atoms with Crippen molar-refractivity contribution >= 4 is 17.8 Å². The summed E-state index contributed by atoms with van der Waals surface area (Å²) in [6.07, 6.45) is 3.82. The largest absolute Gasteiger partial charge is 0.493 e. The molecule has 0 bridgehead atoms. The van der Waals surface area contributed by atoms with Gasteiger partial charge in [0.05, 0.1) is 18.3 Å². The average molecular weight is 299 g/mol. The van der Waals surface area contributed by atoms with Crippen LogP contribution in [0.15, 0.2) is 17.3 Å². The molecule has 1 N–H and O–H groups in total. The molecule has 0 unspecified atom stereocenters. The molecule has 0 saturated carbocycles. The van der Waals surface area contributed by atoms with Crippen molar-refractivity contribution in [1.82, 2.24) is 4.90 Å². The van der Waals surface area contributed by atoms with Crippen molar-refractivity contribution in [2.75, 3.05) is 33.4 Å². The van der Waals surface area contributed by atoms with Crippen molar-refractivity contribution in [1.29, 1.82) is 0 Å². The van der Waals surface area contributed by atoms with Crippen molar-refractivity contribution in [3.63, 3.8) is 0 Å². The predicted octanol–water partition coefficient (Wildman–Crippen LogP) is 2.63. The highest BCUT2D eigenvalue weighted by molar-refractivity contribution is 6.32. The Kier molecular flexibility index (Phi) is 5.49. The van der Waals surface area contributed by atoms with Gasteiger partial charge in [-0.15, -0.1) is 0 Å². The minimum Gasteiger partial charge on any atom is -0.493 e. The summed E-state index contributed by atoms with van der Waals surface area (Å²) in [5.41, 5.74) is 0.654. The molecule has 5 nitrogen and oxygen atoms in total. The van der Waals surface area contributed by atoms with E-state index in [-0.39, 0.29) is 0 Å². The van der Waals surface area contributed by atoms with Crippen molar-refractivity contribution in [3.8, 4) is 11.5 Å². The minimum absolute atomic E-state index is 0.445. The van der Waals surface area contributed by atoms with Gasteiger partial charge in [0.2, 0.25) is 0 Å². The van der Waals surface area contributed by atoms with Crippen LogP contribution in [-0.2, 0) is 0 Å². The van der Waals surface area contributed by atoms with E-state index in [0.29, 0.717) is 28.7 Å². The molecule has 6 heteroatoms. The summed E-state index contributed by atoms with van der Waals surface area (Å²) < 4.78 is 11.0. The molecule has 0 aliphatic carbocycles. The van der Waals surface area contributed by atoms with Gasteiger partial charge in [0.25, 0.3) is 0 Å². The molecule has 0 radical (unpaired) electrons. The number of likely N-dealkylation sites (tertiary alicyclic amines) is 1.